The van der Waals surface area contributed by atoms with Gasteiger partial charge in [0.15, 0.2) is 5.96 Å². The van der Waals surface area contributed by atoms with E-state index in [1.165, 1.54) is 11.1 Å². The molecule has 0 saturated heterocycles. The van der Waals surface area contributed by atoms with E-state index >= 15 is 0 Å². The van der Waals surface area contributed by atoms with Gasteiger partial charge in [-0.2, -0.15) is 0 Å². The Morgan fingerprint density at radius 1 is 1.36 bits per heavy atom. The molecule has 1 amide bonds. The summed E-state index contributed by atoms with van der Waals surface area (Å²) >= 11 is 0. The molecule has 6 nitrogen and oxygen atoms in total. The lowest BCUT2D eigenvalue weighted by atomic mass is 9.99. The first kappa shape index (κ1) is 24.0. The molecule has 7 heteroatoms. The minimum Gasteiger partial charge on any atom is -0.494 e. The van der Waals surface area contributed by atoms with Crippen LogP contribution in [0.2, 0.25) is 0 Å². The second kappa shape index (κ2) is 12.4. The summed E-state index contributed by atoms with van der Waals surface area (Å²) < 4.78 is 5.51. The molecule has 1 N–H and O–H groups in total. The maximum atomic E-state index is 11.8. The number of guanidine groups is 1. The van der Waals surface area contributed by atoms with E-state index in [-0.39, 0.29) is 36.4 Å². The van der Waals surface area contributed by atoms with Crippen LogP contribution in [0, 0.1) is 0 Å². The Morgan fingerprint density at radius 3 is 2.61 bits per heavy atom. The topological polar surface area (TPSA) is 57.2 Å². The van der Waals surface area contributed by atoms with E-state index in [9.17, 15) is 4.79 Å². The van der Waals surface area contributed by atoms with Gasteiger partial charge in [-0.3, -0.25) is 4.79 Å². The highest BCUT2D eigenvalue weighted by molar-refractivity contribution is 14.0. The summed E-state index contributed by atoms with van der Waals surface area (Å²) in [6.45, 7) is 8.74. The maximum absolute atomic E-state index is 11.8. The molecular weight excluding hydrogens is 467 g/mol. The van der Waals surface area contributed by atoms with Gasteiger partial charge in [0.05, 0.1) is 6.61 Å². The first-order chi connectivity index (χ1) is 13.0. The van der Waals surface area contributed by atoms with Crippen LogP contribution in [0.1, 0.15) is 18.9 Å². The van der Waals surface area contributed by atoms with E-state index in [4.69, 9.17) is 4.74 Å². The molecule has 0 radical (unpaired) electrons. The molecule has 0 fully saturated rings. The van der Waals surface area contributed by atoms with E-state index in [0.29, 0.717) is 13.2 Å². The normalized spacial score (nSPS) is 13.9. The van der Waals surface area contributed by atoms with Crippen molar-refractivity contribution in [1.29, 1.82) is 0 Å². The summed E-state index contributed by atoms with van der Waals surface area (Å²) in [7, 11) is 3.48. The Morgan fingerprint density at radius 2 is 2.07 bits per heavy atom. The molecule has 0 bridgehead atoms. The molecule has 154 valence electrons. The maximum Gasteiger partial charge on any atom is 0.243 e. The van der Waals surface area contributed by atoms with Crippen LogP contribution in [0.25, 0.3) is 5.57 Å². The van der Waals surface area contributed by atoms with Gasteiger partial charge in [-0.25, -0.2) is 4.99 Å². The summed E-state index contributed by atoms with van der Waals surface area (Å²) in [4.78, 5) is 20.0. The third-order valence-electron chi connectivity index (χ3n) is 4.31. The molecule has 1 heterocycles. The van der Waals surface area contributed by atoms with E-state index in [0.717, 1.165) is 31.2 Å². The van der Waals surface area contributed by atoms with Gasteiger partial charge in [-0.1, -0.05) is 24.3 Å². The molecule has 1 aromatic carbocycles. The lowest BCUT2D eigenvalue weighted by molar-refractivity contribution is -0.127. The van der Waals surface area contributed by atoms with Gasteiger partial charge in [0.2, 0.25) is 5.91 Å². The molecular formula is C21H31IN4O2. The predicted octanol–water partition coefficient (Wildman–Crippen LogP) is 3.01. The van der Waals surface area contributed by atoms with Crippen LogP contribution in [0.15, 0.2) is 48.0 Å². The van der Waals surface area contributed by atoms with Gasteiger partial charge in [0.1, 0.15) is 12.3 Å². The fourth-order valence-corrected chi connectivity index (χ4v) is 2.77. The van der Waals surface area contributed by atoms with Crippen molar-refractivity contribution < 1.29 is 9.53 Å². The highest BCUT2D eigenvalue weighted by atomic mass is 127. The van der Waals surface area contributed by atoms with Crippen LogP contribution in [-0.2, 0) is 4.79 Å². The third kappa shape index (κ3) is 7.18. The van der Waals surface area contributed by atoms with Crippen molar-refractivity contribution in [2.75, 3.05) is 46.9 Å². The van der Waals surface area contributed by atoms with Crippen LogP contribution >= 0.6 is 24.0 Å². The quantitative estimate of drug-likeness (QED) is 0.272. The van der Waals surface area contributed by atoms with Crippen molar-refractivity contribution >= 4 is 41.4 Å². The standard InChI is InChI=1S/C21H30N4O2.HI/c1-5-13-22-21(23-16-20(26)24(3)4)25-14-11-18(12-15-25)17-7-9-19(10-8-17)27-6-2;/h5,7-11H,1,6,12-16H2,2-4H3,(H,22,23);1H. The Hall–Kier alpha value is -2.03. The van der Waals surface area contributed by atoms with Crippen molar-refractivity contribution in [1.82, 2.24) is 15.1 Å². The summed E-state index contributed by atoms with van der Waals surface area (Å²) in [5.74, 6) is 1.62. The second-order valence-corrected chi connectivity index (χ2v) is 6.48. The average Bonchev–Trinajstić information content (AvgIpc) is 2.69. The van der Waals surface area contributed by atoms with E-state index < -0.39 is 0 Å². The summed E-state index contributed by atoms with van der Waals surface area (Å²) in [6, 6.07) is 8.23. The Kier molecular flexibility index (Phi) is 10.7. The van der Waals surface area contributed by atoms with Crippen molar-refractivity contribution in [3.63, 3.8) is 0 Å². The highest BCUT2D eigenvalue weighted by Crippen LogP contribution is 2.24. The number of nitrogens with zero attached hydrogens (tertiary/aromatic N) is 3. The molecule has 1 aliphatic rings. The molecule has 0 aromatic heterocycles. The molecule has 0 unspecified atom stereocenters. The first-order valence-corrected chi connectivity index (χ1v) is 9.31. The number of aliphatic imine (C=N–C) groups is 1. The minimum absolute atomic E-state index is 0. The van der Waals surface area contributed by atoms with Crippen molar-refractivity contribution in [2.45, 2.75) is 13.3 Å². The van der Waals surface area contributed by atoms with Gasteiger partial charge in [0.25, 0.3) is 0 Å². The second-order valence-electron chi connectivity index (χ2n) is 6.48. The van der Waals surface area contributed by atoms with E-state index in [1.807, 2.05) is 19.1 Å². The Bertz CT molecular complexity index is 699. The number of likely N-dealkylation sites (N-methyl/N-ethyl adjacent to an activating group) is 1. The van der Waals surface area contributed by atoms with E-state index in [1.54, 1.807) is 25.1 Å². The lowest BCUT2D eigenvalue weighted by Gasteiger charge is -2.30. The number of benzene rings is 1. The van der Waals surface area contributed by atoms with Gasteiger partial charge in [0, 0.05) is 33.7 Å². The van der Waals surface area contributed by atoms with Gasteiger partial charge in [-0.15, -0.1) is 30.6 Å². The number of hydrogen-bond donors (Lipinski definition) is 1. The summed E-state index contributed by atoms with van der Waals surface area (Å²) in [5.41, 5.74) is 2.54. The number of amides is 1. The number of ether oxygens (including phenoxy) is 1. The van der Waals surface area contributed by atoms with Gasteiger partial charge < -0.3 is 19.9 Å². The number of hydrogen-bond acceptors (Lipinski definition) is 3. The van der Waals surface area contributed by atoms with Crippen molar-refractivity contribution in [3.05, 3.63) is 48.6 Å². The van der Waals surface area contributed by atoms with Crippen LogP contribution < -0.4 is 10.1 Å². The van der Waals surface area contributed by atoms with Crippen LogP contribution in [0.3, 0.4) is 0 Å². The largest absolute Gasteiger partial charge is 0.494 e. The zero-order chi connectivity index (χ0) is 19.6. The average molecular weight is 498 g/mol. The summed E-state index contributed by atoms with van der Waals surface area (Å²) in [6.07, 6.45) is 4.93. The summed E-state index contributed by atoms with van der Waals surface area (Å²) in [5, 5.41) is 3.25. The van der Waals surface area contributed by atoms with E-state index in [2.05, 4.69) is 40.0 Å². The van der Waals surface area contributed by atoms with Crippen LogP contribution in [0.5, 0.6) is 5.75 Å². The lowest BCUT2D eigenvalue weighted by Crippen LogP contribution is -2.44. The SMILES string of the molecule is C=CCNC(=NCC(=O)N(C)C)N1CC=C(c2ccc(OCC)cc2)CC1.I. The Balaban J connectivity index is 0.00000392. The molecule has 28 heavy (non-hydrogen) atoms. The molecule has 0 aliphatic carbocycles. The molecule has 1 aliphatic heterocycles. The number of halogens is 1. The number of rotatable bonds is 7. The van der Waals surface area contributed by atoms with Gasteiger partial charge in [-0.05, 0) is 36.6 Å². The fourth-order valence-electron chi connectivity index (χ4n) is 2.77. The van der Waals surface area contributed by atoms with Crippen LogP contribution in [0.4, 0.5) is 0 Å². The molecule has 0 atom stereocenters. The van der Waals surface area contributed by atoms with Crippen molar-refractivity contribution in [2.24, 2.45) is 4.99 Å². The molecule has 0 spiro atoms. The Labute approximate surface area is 185 Å². The smallest absolute Gasteiger partial charge is 0.243 e. The van der Waals surface area contributed by atoms with Gasteiger partial charge >= 0.3 is 0 Å². The number of nitrogens with one attached hydrogen (secondary N) is 1. The number of carbonyl (C=O) groups excluding carboxylic acids is 1. The molecule has 1 aromatic rings. The molecule has 2 rings (SSSR count). The highest BCUT2D eigenvalue weighted by Gasteiger charge is 2.17. The minimum atomic E-state index is -0.0180. The third-order valence-corrected chi connectivity index (χ3v) is 4.31. The fraction of sp³-hybridized carbons (Fsp3) is 0.429. The first-order valence-electron chi connectivity index (χ1n) is 9.31. The predicted molar refractivity (Wildman–Crippen MR) is 126 cm³/mol. The number of carbonyl (C=O) groups is 1. The monoisotopic (exact) mass is 498 g/mol. The van der Waals surface area contributed by atoms with Crippen LogP contribution in [-0.4, -0.2) is 68.5 Å². The van der Waals surface area contributed by atoms with Crippen molar-refractivity contribution in [3.8, 4) is 5.75 Å². The zero-order valence-corrected chi connectivity index (χ0v) is 19.3. The molecule has 0 saturated carbocycles. The zero-order valence-electron chi connectivity index (χ0n) is 17.0.